The minimum atomic E-state index is 0.354. The first-order valence-electron chi connectivity index (χ1n) is 5.68. The quantitative estimate of drug-likeness (QED) is 0.860. The Morgan fingerprint density at radius 3 is 2.65 bits per heavy atom. The van der Waals surface area contributed by atoms with Crippen molar-refractivity contribution in [1.29, 1.82) is 0 Å². The molecule has 4 heteroatoms. The summed E-state index contributed by atoms with van der Waals surface area (Å²) in [5.74, 6) is 0.874. The van der Waals surface area contributed by atoms with Crippen molar-refractivity contribution < 1.29 is 4.74 Å². The van der Waals surface area contributed by atoms with Gasteiger partial charge in [0.05, 0.1) is 11.6 Å². The van der Waals surface area contributed by atoms with Crippen LogP contribution in [0.4, 0.5) is 0 Å². The van der Waals surface area contributed by atoms with E-state index in [2.05, 4.69) is 53.5 Å². The van der Waals surface area contributed by atoms with Crippen LogP contribution in [0.3, 0.4) is 0 Å². The Kier molecular flexibility index (Phi) is 6.38. The zero-order chi connectivity index (χ0) is 12.8. The predicted octanol–water partition coefficient (Wildman–Crippen LogP) is 3.86. The lowest BCUT2D eigenvalue weighted by atomic mass is 10.1. The third-order valence-corrected chi connectivity index (χ3v) is 4.38. The number of methoxy groups -OCH3 is 1. The molecule has 1 rings (SSSR count). The third-order valence-electron chi connectivity index (χ3n) is 2.79. The van der Waals surface area contributed by atoms with Crippen molar-refractivity contribution in [3.8, 4) is 5.75 Å². The maximum Gasteiger partial charge on any atom is 0.133 e. The van der Waals surface area contributed by atoms with Gasteiger partial charge in [-0.25, -0.2) is 0 Å². The number of nitrogens with one attached hydrogen (secondary N) is 1. The Hall–Kier alpha value is -0.190. The highest BCUT2D eigenvalue weighted by molar-refractivity contribution is 9.10. The average Bonchev–Trinajstić information content (AvgIpc) is 2.35. The van der Waals surface area contributed by atoms with Gasteiger partial charge >= 0.3 is 0 Å². The minimum Gasteiger partial charge on any atom is -0.496 e. The van der Waals surface area contributed by atoms with Gasteiger partial charge in [-0.15, -0.1) is 0 Å². The summed E-state index contributed by atoms with van der Waals surface area (Å²) >= 11 is 5.39. The Labute approximate surface area is 117 Å². The minimum absolute atomic E-state index is 0.354. The van der Waals surface area contributed by atoms with Crippen molar-refractivity contribution in [2.75, 3.05) is 19.9 Å². The van der Waals surface area contributed by atoms with Crippen molar-refractivity contribution in [1.82, 2.24) is 5.32 Å². The summed E-state index contributed by atoms with van der Waals surface area (Å²) in [6, 6.07) is 6.56. The van der Waals surface area contributed by atoms with Crippen molar-refractivity contribution in [3.63, 3.8) is 0 Å². The van der Waals surface area contributed by atoms with Gasteiger partial charge in [0, 0.05) is 17.8 Å². The van der Waals surface area contributed by atoms with E-state index in [1.165, 1.54) is 5.56 Å². The Morgan fingerprint density at radius 2 is 2.12 bits per heavy atom. The van der Waals surface area contributed by atoms with Crippen molar-refractivity contribution in [2.45, 2.75) is 25.1 Å². The van der Waals surface area contributed by atoms with E-state index in [1.54, 1.807) is 7.11 Å². The molecule has 1 aromatic carbocycles. The number of thioether (sulfide) groups is 1. The monoisotopic (exact) mass is 317 g/mol. The molecular formula is C13H20BrNOS. The van der Waals surface area contributed by atoms with Crippen molar-refractivity contribution in [2.24, 2.45) is 0 Å². The van der Waals surface area contributed by atoms with Gasteiger partial charge in [0.15, 0.2) is 0 Å². The fourth-order valence-corrected chi connectivity index (χ4v) is 2.32. The van der Waals surface area contributed by atoms with Gasteiger partial charge in [-0.1, -0.05) is 13.0 Å². The molecule has 0 aliphatic heterocycles. The molecule has 2 unspecified atom stereocenters. The van der Waals surface area contributed by atoms with Crippen LogP contribution in [-0.4, -0.2) is 25.2 Å². The second-order valence-electron chi connectivity index (χ2n) is 4.07. The Morgan fingerprint density at radius 1 is 1.41 bits per heavy atom. The lowest BCUT2D eigenvalue weighted by Gasteiger charge is -2.17. The van der Waals surface area contributed by atoms with Crippen LogP contribution in [0.5, 0.6) is 5.75 Å². The first-order chi connectivity index (χ1) is 8.08. The maximum absolute atomic E-state index is 5.22. The molecule has 0 radical (unpaired) electrons. The van der Waals surface area contributed by atoms with Crippen LogP contribution in [0, 0.1) is 0 Å². The summed E-state index contributed by atoms with van der Waals surface area (Å²) in [6.07, 6.45) is 2.14. The fourth-order valence-electron chi connectivity index (χ4n) is 1.50. The van der Waals surface area contributed by atoms with Crippen LogP contribution in [0.15, 0.2) is 22.7 Å². The highest BCUT2D eigenvalue weighted by atomic mass is 79.9. The van der Waals surface area contributed by atoms with Gasteiger partial charge in [-0.05, 0) is 46.8 Å². The third kappa shape index (κ3) is 4.53. The number of halogens is 1. The summed E-state index contributed by atoms with van der Waals surface area (Å²) in [5, 5.41) is 4.17. The van der Waals surface area contributed by atoms with Crippen LogP contribution < -0.4 is 10.1 Å². The molecule has 0 aliphatic carbocycles. The van der Waals surface area contributed by atoms with E-state index < -0.39 is 0 Å². The van der Waals surface area contributed by atoms with E-state index in [1.807, 2.05) is 17.8 Å². The van der Waals surface area contributed by atoms with Crippen molar-refractivity contribution in [3.05, 3.63) is 28.2 Å². The Bertz CT molecular complexity index is 359. The smallest absolute Gasteiger partial charge is 0.133 e. The van der Waals surface area contributed by atoms with Gasteiger partial charge in [-0.2, -0.15) is 11.8 Å². The van der Waals surface area contributed by atoms with Gasteiger partial charge < -0.3 is 10.1 Å². The number of rotatable bonds is 6. The van der Waals surface area contributed by atoms with Crippen LogP contribution in [0.2, 0.25) is 0 Å². The molecular weight excluding hydrogens is 298 g/mol. The van der Waals surface area contributed by atoms with E-state index in [0.29, 0.717) is 11.3 Å². The van der Waals surface area contributed by atoms with E-state index in [4.69, 9.17) is 4.74 Å². The van der Waals surface area contributed by atoms with E-state index in [9.17, 15) is 0 Å². The molecule has 0 heterocycles. The summed E-state index contributed by atoms with van der Waals surface area (Å²) in [6.45, 7) is 5.43. The molecule has 96 valence electrons. The molecule has 0 fully saturated rings. The van der Waals surface area contributed by atoms with Crippen LogP contribution >= 0.6 is 27.7 Å². The number of hydrogen-bond donors (Lipinski definition) is 1. The summed E-state index contributed by atoms with van der Waals surface area (Å²) in [5.41, 5.74) is 1.27. The molecule has 0 bridgehead atoms. The standard InChI is InChI=1S/C13H20BrNOS/c1-9(17-4)8-15-10(2)11-5-6-13(16-3)12(14)7-11/h5-7,9-10,15H,8H2,1-4H3. The van der Waals surface area contributed by atoms with Crippen LogP contribution in [0.25, 0.3) is 0 Å². The molecule has 2 atom stereocenters. The van der Waals surface area contributed by atoms with Crippen LogP contribution in [0.1, 0.15) is 25.5 Å². The molecule has 0 aromatic heterocycles. The van der Waals surface area contributed by atoms with Crippen molar-refractivity contribution >= 4 is 27.7 Å². The van der Waals surface area contributed by atoms with Crippen LogP contribution in [-0.2, 0) is 0 Å². The highest BCUT2D eigenvalue weighted by Crippen LogP contribution is 2.27. The second kappa shape index (κ2) is 7.29. The van der Waals surface area contributed by atoms with Gasteiger partial charge in [0.1, 0.15) is 5.75 Å². The zero-order valence-electron chi connectivity index (χ0n) is 10.8. The number of benzene rings is 1. The van der Waals surface area contributed by atoms with Gasteiger partial charge in [-0.3, -0.25) is 0 Å². The number of ether oxygens (including phenoxy) is 1. The summed E-state index contributed by atoms with van der Waals surface area (Å²) < 4.78 is 6.23. The molecule has 0 saturated heterocycles. The molecule has 0 spiro atoms. The van der Waals surface area contributed by atoms with Gasteiger partial charge in [0.2, 0.25) is 0 Å². The Balaban J connectivity index is 2.63. The maximum atomic E-state index is 5.22. The fraction of sp³-hybridized carbons (Fsp3) is 0.538. The van der Waals surface area contributed by atoms with E-state index in [0.717, 1.165) is 16.8 Å². The van der Waals surface area contributed by atoms with E-state index in [-0.39, 0.29) is 0 Å². The molecule has 0 aliphatic rings. The lowest BCUT2D eigenvalue weighted by molar-refractivity contribution is 0.411. The first kappa shape index (κ1) is 14.9. The molecule has 1 aromatic rings. The lowest BCUT2D eigenvalue weighted by Crippen LogP contribution is -2.25. The molecule has 17 heavy (non-hydrogen) atoms. The van der Waals surface area contributed by atoms with Gasteiger partial charge in [0.25, 0.3) is 0 Å². The topological polar surface area (TPSA) is 21.3 Å². The highest BCUT2D eigenvalue weighted by Gasteiger charge is 2.09. The molecule has 1 N–H and O–H groups in total. The normalized spacial score (nSPS) is 14.4. The largest absolute Gasteiger partial charge is 0.496 e. The predicted molar refractivity (Wildman–Crippen MR) is 80.1 cm³/mol. The first-order valence-corrected chi connectivity index (χ1v) is 7.76. The molecule has 0 saturated carbocycles. The zero-order valence-corrected chi connectivity index (χ0v) is 13.2. The SMILES string of the molecule is COc1ccc(C(C)NCC(C)SC)cc1Br. The average molecular weight is 318 g/mol. The molecule has 0 amide bonds. The second-order valence-corrected chi connectivity index (χ2v) is 6.20. The summed E-state index contributed by atoms with van der Waals surface area (Å²) in [4.78, 5) is 0. The van der Waals surface area contributed by atoms with E-state index >= 15 is 0 Å². The summed E-state index contributed by atoms with van der Waals surface area (Å²) in [7, 11) is 1.68. The molecule has 2 nitrogen and oxygen atoms in total. The number of hydrogen-bond acceptors (Lipinski definition) is 3.